The second-order valence-electron chi connectivity index (χ2n) is 4.32. The maximum absolute atomic E-state index is 12.0. The standard InChI is InChI=1S/C14H11N2O3/c17-13-11-3-1-2-4-12(11)16(14(13)18)9-10-5-7-15(19)8-6-10/h1-8,19H,9H2/q+1. The average Bonchev–Trinajstić information content (AvgIpc) is 2.67. The lowest BCUT2D eigenvalue weighted by atomic mass is 10.1. The Morgan fingerprint density at radius 2 is 1.74 bits per heavy atom. The van der Waals surface area contributed by atoms with Gasteiger partial charge in [-0.1, -0.05) is 12.1 Å². The summed E-state index contributed by atoms with van der Waals surface area (Å²) in [5.74, 6) is -0.981. The molecule has 0 saturated heterocycles. The Bertz CT molecular complexity index is 665. The third-order valence-electron chi connectivity index (χ3n) is 3.10. The lowest BCUT2D eigenvalue weighted by molar-refractivity contribution is -0.904. The minimum atomic E-state index is -0.512. The summed E-state index contributed by atoms with van der Waals surface area (Å²) in [4.78, 5) is 25.2. The maximum Gasteiger partial charge on any atom is 0.299 e. The Morgan fingerprint density at radius 1 is 1.05 bits per heavy atom. The predicted octanol–water partition coefficient (Wildman–Crippen LogP) is 0.941. The molecule has 0 saturated carbocycles. The van der Waals surface area contributed by atoms with Gasteiger partial charge in [-0.25, -0.2) is 0 Å². The summed E-state index contributed by atoms with van der Waals surface area (Å²) in [5, 5.41) is 9.15. The number of amides is 1. The number of pyridine rings is 1. The van der Waals surface area contributed by atoms with E-state index >= 15 is 0 Å². The van der Waals surface area contributed by atoms with Crippen LogP contribution >= 0.6 is 0 Å². The normalized spacial score (nSPS) is 13.8. The van der Waals surface area contributed by atoms with Gasteiger partial charge in [0.2, 0.25) is 12.4 Å². The second-order valence-corrected chi connectivity index (χ2v) is 4.32. The third-order valence-corrected chi connectivity index (χ3v) is 3.10. The lowest BCUT2D eigenvalue weighted by Gasteiger charge is -2.15. The van der Waals surface area contributed by atoms with Gasteiger partial charge in [0.15, 0.2) is 0 Å². The molecule has 0 spiro atoms. The van der Waals surface area contributed by atoms with Crippen LogP contribution in [0.4, 0.5) is 5.69 Å². The first-order valence-electron chi connectivity index (χ1n) is 5.81. The molecule has 2 aromatic rings. The molecule has 2 heterocycles. The van der Waals surface area contributed by atoms with Crippen molar-refractivity contribution in [2.24, 2.45) is 0 Å². The number of rotatable bonds is 2. The van der Waals surface area contributed by atoms with Crippen molar-refractivity contribution in [3.05, 3.63) is 59.9 Å². The van der Waals surface area contributed by atoms with Gasteiger partial charge in [-0.05, 0) is 17.7 Å². The molecule has 5 nitrogen and oxygen atoms in total. The minimum Gasteiger partial charge on any atom is -0.300 e. The summed E-state index contributed by atoms with van der Waals surface area (Å²) in [6.07, 6.45) is 2.95. The van der Waals surface area contributed by atoms with Crippen LogP contribution in [0.3, 0.4) is 0 Å². The molecule has 94 valence electrons. The van der Waals surface area contributed by atoms with E-state index in [1.165, 1.54) is 17.3 Å². The Balaban J connectivity index is 1.95. The third kappa shape index (κ3) is 1.85. The first kappa shape index (κ1) is 11.4. The summed E-state index contributed by atoms with van der Waals surface area (Å²) in [7, 11) is 0. The number of carbonyl (C=O) groups excluding carboxylic acids is 2. The molecule has 1 amide bonds. The van der Waals surface area contributed by atoms with E-state index in [0.29, 0.717) is 17.8 Å². The highest BCUT2D eigenvalue weighted by molar-refractivity contribution is 6.52. The molecule has 5 heteroatoms. The topological polar surface area (TPSA) is 61.5 Å². The van der Waals surface area contributed by atoms with Crippen molar-refractivity contribution >= 4 is 17.4 Å². The highest BCUT2D eigenvalue weighted by Crippen LogP contribution is 2.29. The van der Waals surface area contributed by atoms with Gasteiger partial charge >= 0.3 is 0 Å². The molecule has 1 N–H and O–H groups in total. The molecule has 0 unspecified atom stereocenters. The smallest absolute Gasteiger partial charge is 0.299 e. The predicted molar refractivity (Wildman–Crippen MR) is 65.8 cm³/mol. The van der Waals surface area contributed by atoms with Crippen LogP contribution in [0.15, 0.2) is 48.8 Å². The lowest BCUT2D eigenvalue weighted by Crippen LogP contribution is -2.31. The zero-order valence-corrected chi connectivity index (χ0v) is 9.98. The van der Waals surface area contributed by atoms with Crippen LogP contribution in [-0.4, -0.2) is 16.9 Å². The van der Waals surface area contributed by atoms with E-state index < -0.39 is 11.7 Å². The molecule has 0 fully saturated rings. The number of anilines is 1. The zero-order chi connectivity index (χ0) is 13.4. The fraction of sp³-hybridized carbons (Fsp3) is 0.0714. The Hall–Kier alpha value is -2.69. The molecule has 1 aromatic carbocycles. The van der Waals surface area contributed by atoms with E-state index in [0.717, 1.165) is 10.3 Å². The number of ketones is 1. The van der Waals surface area contributed by atoms with E-state index in [1.807, 2.05) is 0 Å². The van der Waals surface area contributed by atoms with Gasteiger partial charge in [-0.3, -0.25) is 14.8 Å². The van der Waals surface area contributed by atoms with Crippen LogP contribution in [0.1, 0.15) is 15.9 Å². The van der Waals surface area contributed by atoms with Crippen LogP contribution in [0.25, 0.3) is 0 Å². The number of nitrogens with zero attached hydrogens (tertiary/aromatic N) is 2. The fourth-order valence-electron chi connectivity index (χ4n) is 2.14. The summed E-state index contributed by atoms with van der Waals surface area (Å²) >= 11 is 0. The molecule has 0 radical (unpaired) electrons. The van der Waals surface area contributed by atoms with Crippen molar-refractivity contribution in [1.29, 1.82) is 0 Å². The molecule has 0 atom stereocenters. The molecular formula is C14H11N2O3+. The number of carbonyl (C=O) groups is 2. The van der Waals surface area contributed by atoms with Crippen molar-refractivity contribution in [2.45, 2.75) is 6.54 Å². The van der Waals surface area contributed by atoms with Crippen molar-refractivity contribution in [3.8, 4) is 0 Å². The van der Waals surface area contributed by atoms with Gasteiger partial charge < -0.3 is 4.90 Å². The number of hydrogen-bond acceptors (Lipinski definition) is 3. The molecule has 1 aliphatic heterocycles. The minimum absolute atomic E-state index is 0.308. The number of Topliss-reactive ketones (excluding diaryl/α,β-unsaturated/α-hetero) is 1. The molecule has 3 rings (SSSR count). The Kier molecular flexibility index (Phi) is 2.52. The largest absolute Gasteiger partial charge is 0.300 e. The van der Waals surface area contributed by atoms with Crippen LogP contribution < -0.4 is 9.63 Å². The van der Waals surface area contributed by atoms with E-state index in [1.54, 1.807) is 36.4 Å². The van der Waals surface area contributed by atoms with Crippen LogP contribution in [0.5, 0.6) is 0 Å². The Labute approximate surface area is 109 Å². The van der Waals surface area contributed by atoms with Gasteiger partial charge in [-0.15, -0.1) is 0 Å². The summed E-state index contributed by atoms with van der Waals surface area (Å²) in [5.41, 5.74) is 1.92. The zero-order valence-electron chi connectivity index (χ0n) is 9.98. The Morgan fingerprint density at radius 3 is 2.47 bits per heavy atom. The van der Waals surface area contributed by atoms with E-state index in [-0.39, 0.29) is 0 Å². The first-order valence-corrected chi connectivity index (χ1v) is 5.81. The van der Waals surface area contributed by atoms with E-state index in [4.69, 9.17) is 5.21 Å². The van der Waals surface area contributed by atoms with Gasteiger partial charge in [0.05, 0.1) is 17.8 Å². The van der Waals surface area contributed by atoms with Gasteiger partial charge in [0.1, 0.15) is 0 Å². The van der Waals surface area contributed by atoms with Gasteiger partial charge in [0.25, 0.3) is 11.7 Å². The highest BCUT2D eigenvalue weighted by atomic mass is 16.5. The molecular weight excluding hydrogens is 244 g/mol. The number of benzene rings is 1. The first-order chi connectivity index (χ1) is 9.16. The average molecular weight is 255 g/mol. The summed E-state index contributed by atoms with van der Waals surface area (Å²) < 4.78 is 0.925. The van der Waals surface area contributed by atoms with Gasteiger partial charge in [0, 0.05) is 16.9 Å². The maximum atomic E-state index is 12.0. The van der Waals surface area contributed by atoms with Crippen molar-refractivity contribution < 1.29 is 19.5 Å². The quantitative estimate of drug-likeness (QED) is 0.493. The second kappa shape index (κ2) is 4.20. The van der Waals surface area contributed by atoms with E-state index in [9.17, 15) is 9.59 Å². The van der Waals surface area contributed by atoms with Crippen molar-refractivity contribution in [2.75, 3.05) is 4.90 Å². The molecule has 0 bridgehead atoms. The number of hydrogen-bond donors (Lipinski definition) is 1. The summed E-state index contributed by atoms with van der Waals surface area (Å²) in [6, 6.07) is 10.3. The monoisotopic (exact) mass is 255 g/mol. The summed E-state index contributed by atoms with van der Waals surface area (Å²) in [6.45, 7) is 0.308. The van der Waals surface area contributed by atoms with Gasteiger partial charge in [-0.2, -0.15) is 0 Å². The number of fused-ring (bicyclic) bond motifs is 1. The van der Waals surface area contributed by atoms with Crippen LogP contribution in [0.2, 0.25) is 0 Å². The molecule has 1 aliphatic rings. The van der Waals surface area contributed by atoms with Crippen molar-refractivity contribution in [3.63, 3.8) is 0 Å². The highest BCUT2D eigenvalue weighted by Gasteiger charge is 2.35. The van der Waals surface area contributed by atoms with Crippen molar-refractivity contribution in [1.82, 2.24) is 0 Å². The number of aromatic nitrogens is 1. The molecule has 1 aromatic heterocycles. The van der Waals surface area contributed by atoms with Crippen LogP contribution in [0, 0.1) is 0 Å². The number of para-hydroxylation sites is 1. The van der Waals surface area contributed by atoms with Crippen LogP contribution in [-0.2, 0) is 11.3 Å². The SMILES string of the molecule is O=C1C(=O)N(Cc2cc[n+](O)cc2)c2ccccc21. The van der Waals surface area contributed by atoms with E-state index in [2.05, 4.69) is 0 Å². The molecule has 0 aliphatic carbocycles. The molecule has 19 heavy (non-hydrogen) atoms. The fourth-order valence-corrected chi connectivity index (χ4v) is 2.14.